The van der Waals surface area contributed by atoms with Gasteiger partial charge in [-0.2, -0.15) is 5.01 Å². The minimum Gasteiger partial charge on any atom is -0.503 e. The van der Waals surface area contributed by atoms with Gasteiger partial charge < -0.3 is 9.84 Å². The van der Waals surface area contributed by atoms with Gasteiger partial charge in [0.2, 0.25) is 11.8 Å². The maximum absolute atomic E-state index is 15.3. The van der Waals surface area contributed by atoms with Crippen molar-refractivity contribution >= 4 is 66.9 Å². The van der Waals surface area contributed by atoms with Crippen LogP contribution in [-0.2, 0) is 24.6 Å². The fourth-order valence-corrected chi connectivity index (χ4v) is 9.61. The Morgan fingerprint density at radius 3 is 2.25 bits per heavy atom. The highest BCUT2D eigenvalue weighted by atomic mass is 79.9. The number of rotatable bonds is 6. The first kappa shape index (κ1) is 33.4. The predicted molar refractivity (Wildman–Crippen MR) is 198 cm³/mol. The molecule has 0 bridgehead atoms. The van der Waals surface area contributed by atoms with Crippen LogP contribution in [0.25, 0.3) is 0 Å². The Labute approximate surface area is 311 Å². The summed E-state index contributed by atoms with van der Waals surface area (Å²) in [5, 5.41) is 12.0. The van der Waals surface area contributed by atoms with E-state index in [1.807, 2.05) is 67.6 Å². The normalized spacial score (nSPS) is 26.8. The van der Waals surface area contributed by atoms with Crippen molar-refractivity contribution in [1.82, 2.24) is 5.01 Å². The van der Waals surface area contributed by atoms with Crippen molar-refractivity contribution in [3.05, 3.63) is 128 Å². The molecule has 2 N–H and O–H groups in total. The molecule has 4 aromatic rings. The van der Waals surface area contributed by atoms with E-state index in [9.17, 15) is 19.5 Å². The van der Waals surface area contributed by atoms with Gasteiger partial charge in [-0.1, -0.05) is 75.6 Å². The molecular formula is C40H33Br2N3O6. The number of nitrogens with zero attached hydrogens (tertiary/aromatic N) is 2. The van der Waals surface area contributed by atoms with Gasteiger partial charge in [-0.15, -0.1) is 0 Å². The summed E-state index contributed by atoms with van der Waals surface area (Å²) in [6.45, 7) is 1.96. The second-order valence-corrected chi connectivity index (χ2v) is 15.4. The van der Waals surface area contributed by atoms with E-state index in [0.29, 0.717) is 33.4 Å². The Balaban J connectivity index is 1.34. The lowest BCUT2D eigenvalue weighted by Crippen LogP contribution is -2.53. The Kier molecular flexibility index (Phi) is 8.18. The van der Waals surface area contributed by atoms with Crippen LogP contribution in [0.2, 0.25) is 0 Å². The van der Waals surface area contributed by atoms with Crippen molar-refractivity contribution in [2.75, 3.05) is 17.4 Å². The number of fused-ring (bicyclic) bond motifs is 4. The number of phenolic OH excluding ortho intramolecular Hbond substituents is 1. The molecule has 4 amide bonds. The van der Waals surface area contributed by atoms with Crippen molar-refractivity contribution in [2.24, 2.45) is 23.7 Å². The van der Waals surface area contributed by atoms with E-state index in [-0.39, 0.29) is 29.7 Å². The topological polar surface area (TPSA) is 116 Å². The van der Waals surface area contributed by atoms with E-state index in [0.717, 1.165) is 20.6 Å². The molecule has 2 saturated heterocycles. The molecule has 258 valence electrons. The molecule has 51 heavy (non-hydrogen) atoms. The smallest absolute Gasteiger partial charge is 0.260 e. The molecule has 4 aliphatic rings. The molecule has 6 atom stereocenters. The number of carbonyl (C=O) groups is 4. The summed E-state index contributed by atoms with van der Waals surface area (Å²) >= 11 is 6.93. The van der Waals surface area contributed by atoms with Gasteiger partial charge in [0.05, 0.1) is 46.1 Å². The summed E-state index contributed by atoms with van der Waals surface area (Å²) in [5.41, 5.74) is 5.86. The first-order valence-corrected chi connectivity index (χ1v) is 18.3. The van der Waals surface area contributed by atoms with E-state index in [4.69, 9.17) is 4.74 Å². The second kappa shape index (κ2) is 12.5. The minimum absolute atomic E-state index is 0.102. The number of imide groups is 2. The van der Waals surface area contributed by atoms with Gasteiger partial charge in [-0.25, -0.2) is 0 Å². The number of hydrogen-bond acceptors (Lipinski definition) is 7. The van der Waals surface area contributed by atoms with Gasteiger partial charge in [-0.3, -0.25) is 29.5 Å². The zero-order valence-corrected chi connectivity index (χ0v) is 30.8. The first-order chi connectivity index (χ1) is 24.6. The van der Waals surface area contributed by atoms with Crippen molar-refractivity contribution in [1.29, 1.82) is 0 Å². The third-order valence-corrected chi connectivity index (χ3v) is 12.2. The summed E-state index contributed by atoms with van der Waals surface area (Å²) < 4.78 is 6.77. The number of amides is 4. The van der Waals surface area contributed by atoms with Gasteiger partial charge in [0.1, 0.15) is 0 Å². The summed E-state index contributed by atoms with van der Waals surface area (Å²) in [5.74, 6) is -4.88. The van der Waals surface area contributed by atoms with E-state index in [1.54, 1.807) is 36.4 Å². The monoisotopic (exact) mass is 809 g/mol. The molecule has 2 aliphatic carbocycles. The number of ether oxygens (including phenoxy) is 1. The van der Waals surface area contributed by atoms with E-state index in [1.165, 1.54) is 12.0 Å². The number of aryl methyl sites for hydroxylation is 1. The van der Waals surface area contributed by atoms with Crippen LogP contribution in [0, 0.1) is 30.6 Å². The van der Waals surface area contributed by atoms with E-state index >= 15 is 4.79 Å². The molecule has 3 fully saturated rings. The number of nitrogens with one attached hydrogen (secondary N) is 1. The molecule has 2 aliphatic heterocycles. The van der Waals surface area contributed by atoms with Gasteiger partial charge >= 0.3 is 0 Å². The van der Waals surface area contributed by atoms with E-state index < -0.39 is 46.8 Å². The number of aromatic hydroxyl groups is 1. The van der Waals surface area contributed by atoms with Gasteiger partial charge in [0, 0.05) is 10.4 Å². The average molecular weight is 812 g/mol. The van der Waals surface area contributed by atoms with Crippen molar-refractivity contribution in [2.45, 2.75) is 31.1 Å². The molecule has 4 aromatic carbocycles. The first-order valence-electron chi connectivity index (χ1n) is 16.7. The van der Waals surface area contributed by atoms with Crippen LogP contribution in [0.1, 0.15) is 35.4 Å². The number of halogens is 2. The number of benzene rings is 4. The van der Waals surface area contributed by atoms with Crippen LogP contribution in [0.4, 0.5) is 11.4 Å². The van der Waals surface area contributed by atoms with Crippen LogP contribution >= 0.6 is 31.9 Å². The van der Waals surface area contributed by atoms with E-state index in [2.05, 4.69) is 37.3 Å². The number of anilines is 2. The van der Waals surface area contributed by atoms with Crippen LogP contribution in [-0.4, -0.2) is 40.9 Å². The molecule has 0 spiro atoms. The van der Waals surface area contributed by atoms with Crippen molar-refractivity contribution in [3.8, 4) is 11.5 Å². The predicted octanol–water partition coefficient (Wildman–Crippen LogP) is 7.42. The quantitative estimate of drug-likeness (QED) is 0.154. The molecule has 9 nitrogen and oxygen atoms in total. The van der Waals surface area contributed by atoms with Crippen LogP contribution in [0.15, 0.2) is 112 Å². The largest absolute Gasteiger partial charge is 0.503 e. The zero-order valence-electron chi connectivity index (χ0n) is 27.7. The Morgan fingerprint density at radius 2 is 1.57 bits per heavy atom. The summed E-state index contributed by atoms with van der Waals surface area (Å²) in [6.07, 6.45) is 2.48. The van der Waals surface area contributed by atoms with Crippen LogP contribution in [0.5, 0.6) is 11.5 Å². The van der Waals surface area contributed by atoms with Crippen LogP contribution in [0.3, 0.4) is 0 Å². The highest BCUT2D eigenvalue weighted by Gasteiger charge is 2.70. The molecule has 0 aromatic heterocycles. The Morgan fingerprint density at radius 1 is 0.863 bits per heavy atom. The van der Waals surface area contributed by atoms with Gasteiger partial charge in [0.25, 0.3) is 11.8 Å². The standard InChI is InChI=1S/C40H33Br2N3O6/c1-21-8-12-25(13-9-21)43-45-37(48)30-20-29-27(16-17-28-33(29)38(49)44(36(28)47)26-14-10-24(41)11-15-26)34(22-18-31(42)35(46)32(19-22)51-2)40(30,39(45)50)23-6-4-3-5-7-23/h3-16,18-19,28-30,33-34,43,46H,17,20H2,1-2H3. The lowest BCUT2D eigenvalue weighted by molar-refractivity contribution is -0.138. The maximum atomic E-state index is 15.3. The Bertz CT molecular complexity index is 2140. The number of hydrazine groups is 1. The number of phenols is 1. The summed E-state index contributed by atoms with van der Waals surface area (Å²) in [7, 11) is 1.45. The summed E-state index contributed by atoms with van der Waals surface area (Å²) in [4.78, 5) is 59.9. The fraction of sp³-hybridized carbons (Fsp3) is 0.250. The molecule has 8 rings (SSSR count). The van der Waals surface area contributed by atoms with Gasteiger partial charge in [-0.05, 0) is 101 Å². The average Bonchev–Trinajstić information content (AvgIpc) is 3.51. The minimum atomic E-state index is -1.44. The molecule has 6 unspecified atom stereocenters. The highest BCUT2D eigenvalue weighted by Crippen LogP contribution is 2.64. The number of methoxy groups -OCH3 is 1. The van der Waals surface area contributed by atoms with Gasteiger partial charge in [0.15, 0.2) is 11.5 Å². The van der Waals surface area contributed by atoms with Crippen LogP contribution < -0.4 is 15.1 Å². The Hall–Kier alpha value is -4.74. The SMILES string of the molecule is COc1cc(C2C3=CCC4C(=O)N(c5ccc(Br)cc5)C(=O)C4C3CC3C(=O)N(Nc4ccc(C)cc4)C(=O)C32c2ccccc2)cc(Br)c1O. The zero-order chi connectivity index (χ0) is 35.8. The second-order valence-electron chi connectivity index (χ2n) is 13.6. The third-order valence-electron chi connectivity index (χ3n) is 11.1. The number of hydrogen-bond donors (Lipinski definition) is 2. The maximum Gasteiger partial charge on any atom is 0.260 e. The number of allylic oxidation sites excluding steroid dienone is 2. The molecular weight excluding hydrogens is 778 g/mol. The molecule has 0 radical (unpaired) electrons. The molecule has 11 heteroatoms. The van der Waals surface area contributed by atoms with Crippen molar-refractivity contribution in [3.63, 3.8) is 0 Å². The van der Waals surface area contributed by atoms with Crippen molar-refractivity contribution < 1.29 is 29.0 Å². The number of carbonyl (C=O) groups excluding carboxylic acids is 4. The third kappa shape index (κ3) is 4.99. The fourth-order valence-electron chi connectivity index (χ4n) is 8.88. The highest BCUT2D eigenvalue weighted by molar-refractivity contribution is 9.10. The lowest BCUT2D eigenvalue weighted by Gasteiger charge is -2.50. The molecule has 1 saturated carbocycles. The summed E-state index contributed by atoms with van der Waals surface area (Å²) in [6, 6.07) is 27.3. The molecule has 2 heterocycles. The lowest BCUT2D eigenvalue weighted by atomic mass is 9.49.